The molecule has 122 valence electrons. The van der Waals surface area contributed by atoms with E-state index >= 15 is 0 Å². The summed E-state index contributed by atoms with van der Waals surface area (Å²) in [6, 6.07) is 0.669. The zero-order valence-electron chi connectivity index (χ0n) is 13.9. The summed E-state index contributed by atoms with van der Waals surface area (Å²) in [7, 11) is 0. The normalized spacial score (nSPS) is 27.0. The summed E-state index contributed by atoms with van der Waals surface area (Å²) >= 11 is 0. The molecule has 2 unspecified atom stereocenters. The largest absolute Gasteiger partial charge is 0.373 e. The van der Waals surface area contributed by atoms with Crippen molar-refractivity contribution in [3.63, 3.8) is 0 Å². The van der Waals surface area contributed by atoms with Crippen molar-refractivity contribution in [3.8, 4) is 0 Å². The maximum Gasteiger partial charge on any atom is 0.191 e. The molecule has 0 bridgehead atoms. The molecule has 5 heteroatoms. The molecule has 0 aromatic heterocycles. The first-order valence-corrected chi connectivity index (χ1v) is 8.57. The van der Waals surface area contributed by atoms with E-state index in [4.69, 9.17) is 9.73 Å². The molecule has 2 aliphatic rings. The van der Waals surface area contributed by atoms with Gasteiger partial charge in [0.2, 0.25) is 0 Å². The van der Waals surface area contributed by atoms with Gasteiger partial charge in [-0.2, -0.15) is 0 Å². The predicted octanol–water partition coefficient (Wildman–Crippen LogP) is 1.45. The van der Waals surface area contributed by atoms with E-state index in [1.165, 1.54) is 25.8 Å². The van der Waals surface area contributed by atoms with Gasteiger partial charge in [0.25, 0.3) is 0 Å². The predicted molar refractivity (Wildman–Crippen MR) is 87.8 cm³/mol. The standard InChI is InChI=1S/C16H32N4O/c1-4-17-16(18-8-7-13(2)3)19-10-15-11-20-9-5-6-14(20)12-21-15/h13-15H,4-12H2,1-3H3,(H2,17,18,19). The van der Waals surface area contributed by atoms with Crippen molar-refractivity contribution in [1.82, 2.24) is 15.5 Å². The Morgan fingerprint density at radius 1 is 1.38 bits per heavy atom. The van der Waals surface area contributed by atoms with Crippen LogP contribution in [0, 0.1) is 5.92 Å². The van der Waals surface area contributed by atoms with Crippen LogP contribution in [0.5, 0.6) is 0 Å². The fourth-order valence-electron chi connectivity index (χ4n) is 3.01. The number of guanidine groups is 1. The molecule has 2 N–H and O–H groups in total. The SMILES string of the molecule is CCNC(=NCC1CN2CCCC2CO1)NCCC(C)C. The van der Waals surface area contributed by atoms with Gasteiger partial charge >= 0.3 is 0 Å². The smallest absolute Gasteiger partial charge is 0.191 e. The number of aliphatic imine (C=N–C) groups is 1. The van der Waals surface area contributed by atoms with E-state index in [-0.39, 0.29) is 6.10 Å². The number of morpholine rings is 1. The molecule has 2 heterocycles. The highest BCUT2D eigenvalue weighted by Gasteiger charge is 2.31. The van der Waals surface area contributed by atoms with Crippen LogP contribution in [0.4, 0.5) is 0 Å². The second-order valence-corrected chi connectivity index (χ2v) is 6.58. The summed E-state index contributed by atoms with van der Waals surface area (Å²) in [5.41, 5.74) is 0. The molecule has 2 fully saturated rings. The molecule has 5 nitrogen and oxygen atoms in total. The Hall–Kier alpha value is -0.810. The Labute approximate surface area is 129 Å². The highest BCUT2D eigenvalue weighted by molar-refractivity contribution is 5.79. The summed E-state index contributed by atoms with van der Waals surface area (Å²) in [6.07, 6.45) is 4.04. The molecule has 2 saturated heterocycles. The Kier molecular flexibility index (Phi) is 6.77. The second kappa shape index (κ2) is 8.59. The van der Waals surface area contributed by atoms with Crippen LogP contribution in [-0.2, 0) is 4.74 Å². The topological polar surface area (TPSA) is 48.9 Å². The lowest BCUT2D eigenvalue weighted by atomic mass is 10.1. The highest BCUT2D eigenvalue weighted by Crippen LogP contribution is 2.22. The number of hydrogen-bond acceptors (Lipinski definition) is 3. The first-order chi connectivity index (χ1) is 10.2. The van der Waals surface area contributed by atoms with Gasteiger partial charge in [0, 0.05) is 25.7 Å². The molecular formula is C16H32N4O. The molecule has 0 aromatic rings. The summed E-state index contributed by atoms with van der Waals surface area (Å²) < 4.78 is 5.96. The molecule has 0 aliphatic carbocycles. The Bertz CT molecular complexity index is 332. The van der Waals surface area contributed by atoms with E-state index in [1.54, 1.807) is 0 Å². The molecule has 2 atom stereocenters. The van der Waals surface area contributed by atoms with Crippen LogP contribution in [0.15, 0.2) is 4.99 Å². The first-order valence-electron chi connectivity index (χ1n) is 8.57. The Balaban J connectivity index is 1.75. The minimum Gasteiger partial charge on any atom is -0.373 e. The van der Waals surface area contributed by atoms with E-state index in [2.05, 4.69) is 36.3 Å². The lowest BCUT2D eigenvalue weighted by molar-refractivity contribution is -0.0432. The number of hydrogen-bond donors (Lipinski definition) is 2. The van der Waals surface area contributed by atoms with Crippen molar-refractivity contribution in [2.45, 2.75) is 52.2 Å². The Morgan fingerprint density at radius 3 is 3.00 bits per heavy atom. The van der Waals surface area contributed by atoms with Gasteiger partial charge < -0.3 is 15.4 Å². The number of nitrogens with zero attached hydrogens (tertiary/aromatic N) is 2. The average molecular weight is 296 g/mol. The molecule has 21 heavy (non-hydrogen) atoms. The van der Waals surface area contributed by atoms with Gasteiger partial charge in [-0.25, -0.2) is 0 Å². The van der Waals surface area contributed by atoms with Crippen molar-refractivity contribution in [3.05, 3.63) is 0 Å². The summed E-state index contributed by atoms with van der Waals surface area (Å²) in [5.74, 6) is 1.64. The van der Waals surface area contributed by atoms with Crippen molar-refractivity contribution in [1.29, 1.82) is 0 Å². The number of fused-ring (bicyclic) bond motifs is 1. The van der Waals surface area contributed by atoms with Crippen molar-refractivity contribution in [2.24, 2.45) is 10.9 Å². The lowest BCUT2D eigenvalue weighted by Crippen LogP contribution is -2.47. The Morgan fingerprint density at radius 2 is 2.24 bits per heavy atom. The third-order valence-electron chi connectivity index (χ3n) is 4.27. The monoisotopic (exact) mass is 296 g/mol. The van der Waals surface area contributed by atoms with Gasteiger partial charge in [-0.05, 0) is 38.6 Å². The van der Waals surface area contributed by atoms with Gasteiger partial charge in [-0.3, -0.25) is 9.89 Å². The van der Waals surface area contributed by atoms with Crippen LogP contribution in [-0.4, -0.2) is 62.3 Å². The van der Waals surface area contributed by atoms with E-state index in [9.17, 15) is 0 Å². The van der Waals surface area contributed by atoms with Gasteiger partial charge in [0.1, 0.15) is 0 Å². The third-order valence-corrected chi connectivity index (χ3v) is 4.27. The van der Waals surface area contributed by atoms with E-state index < -0.39 is 0 Å². The van der Waals surface area contributed by atoms with E-state index in [0.29, 0.717) is 12.0 Å². The fourth-order valence-corrected chi connectivity index (χ4v) is 3.01. The number of nitrogens with one attached hydrogen (secondary N) is 2. The van der Waals surface area contributed by atoms with Gasteiger partial charge in [0.15, 0.2) is 5.96 Å². The minimum absolute atomic E-state index is 0.250. The van der Waals surface area contributed by atoms with Crippen molar-refractivity contribution < 1.29 is 4.74 Å². The number of ether oxygens (including phenoxy) is 1. The van der Waals surface area contributed by atoms with Crippen LogP contribution in [0.2, 0.25) is 0 Å². The highest BCUT2D eigenvalue weighted by atomic mass is 16.5. The molecule has 0 aromatic carbocycles. The molecule has 0 saturated carbocycles. The van der Waals surface area contributed by atoms with Gasteiger partial charge in [0.05, 0.1) is 19.3 Å². The van der Waals surface area contributed by atoms with Crippen LogP contribution in [0.1, 0.15) is 40.0 Å². The van der Waals surface area contributed by atoms with Crippen LogP contribution < -0.4 is 10.6 Å². The second-order valence-electron chi connectivity index (χ2n) is 6.58. The van der Waals surface area contributed by atoms with Crippen molar-refractivity contribution >= 4 is 5.96 Å². The summed E-state index contributed by atoms with van der Waals surface area (Å²) in [6.45, 7) is 12.4. The summed E-state index contributed by atoms with van der Waals surface area (Å²) in [5, 5.41) is 6.72. The van der Waals surface area contributed by atoms with Crippen molar-refractivity contribution in [2.75, 3.05) is 39.3 Å². The van der Waals surface area contributed by atoms with E-state index in [0.717, 1.165) is 38.7 Å². The number of rotatable bonds is 6. The first kappa shape index (κ1) is 16.6. The molecule has 0 radical (unpaired) electrons. The molecule has 2 aliphatic heterocycles. The molecule has 0 amide bonds. The summed E-state index contributed by atoms with van der Waals surface area (Å²) in [4.78, 5) is 7.26. The van der Waals surface area contributed by atoms with Gasteiger partial charge in [-0.15, -0.1) is 0 Å². The molecular weight excluding hydrogens is 264 g/mol. The maximum absolute atomic E-state index is 5.96. The maximum atomic E-state index is 5.96. The van der Waals surface area contributed by atoms with Crippen LogP contribution in [0.25, 0.3) is 0 Å². The fraction of sp³-hybridized carbons (Fsp3) is 0.938. The molecule has 2 rings (SSSR count). The quantitative estimate of drug-likeness (QED) is 0.575. The van der Waals surface area contributed by atoms with Crippen LogP contribution >= 0.6 is 0 Å². The van der Waals surface area contributed by atoms with Crippen LogP contribution in [0.3, 0.4) is 0 Å². The third kappa shape index (κ3) is 5.47. The average Bonchev–Trinajstić information content (AvgIpc) is 2.91. The lowest BCUT2D eigenvalue weighted by Gasteiger charge is -2.34. The van der Waals surface area contributed by atoms with E-state index in [1.807, 2.05) is 0 Å². The zero-order valence-corrected chi connectivity index (χ0v) is 13.9. The molecule has 0 spiro atoms. The van der Waals surface area contributed by atoms with Gasteiger partial charge in [-0.1, -0.05) is 13.8 Å². The zero-order chi connectivity index (χ0) is 15.1. The minimum atomic E-state index is 0.250.